The quantitative estimate of drug-likeness (QED) is 0.701. The Morgan fingerprint density at radius 3 is 2.77 bits per heavy atom. The maximum absolute atomic E-state index is 12.0. The summed E-state index contributed by atoms with van der Waals surface area (Å²) in [6, 6.07) is 9.69. The van der Waals surface area contributed by atoms with Crippen LogP contribution in [0.1, 0.15) is 59.0 Å². The molecule has 1 aromatic carbocycles. The molecule has 158 valence electrons. The number of ether oxygens (including phenoxy) is 1. The van der Waals surface area contributed by atoms with Crippen LogP contribution in [0.2, 0.25) is 0 Å². The number of para-hydroxylation sites is 1. The Hall–Kier alpha value is -2.77. The number of pyridine rings is 1. The second-order valence-corrected chi connectivity index (χ2v) is 8.26. The fourth-order valence-corrected chi connectivity index (χ4v) is 4.24. The molecule has 7 nitrogen and oxygen atoms in total. The highest BCUT2D eigenvalue weighted by molar-refractivity contribution is 6.05. The molecule has 0 saturated carbocycles. The molecule has 0 radical (unpaired) electrons. The van der Waals surface area contributed by atoms with Gasteiger partial charge in [-0.2, -0.15) is 5.10 Å². The van der Waals surface area contributed by atoms with Crippen molar-refractivity contribution in [2.45, 2.75) is 46.4 Å². The number of carbonyl (C=O) groups excluding carboxylic acids is 1. The first-order chi connectivity index (χ1) is 14.3. The van der Waals surface area contributed by atoms with Gasteiger partial charge in [-0.25, -0.2) is 4.98 Å². The minimum absolute atomic E-state index is 0.206. The van der Waals surface area contributed by atoms with E-state index in [9.17, 15) is 4.79 Å². The van der Waals surface area contributed by atoms with Gasteiger partial charge in [-0.05, 0) is 39.8 Å². The van der Waals surface area contributed by atoms with E-state index in [1.54, 1.807) is 6.07 Å². The summed E-state index contributed by atoms with van der Waals surface area (Å²) in [5.74, 6) is -0.449. The van der Waals surface area contributed by atoms with Crippen LogP contribution in [0.4, 0.5) is 0 Å². The van der Waals surface area contributed by atoms with Crippen molar-refractivity contribution in [2.75, 3.05) is 19.7 Å². The highest BCUT2D eigenvalue weighted by Gasteiger charge is 2.26. The number of nitrogens with zero attached hydrogens (tertiary/aromatic N) is 4. The predicted molar refractivity (Wildman–Crippen MR) is 116 cm³/mol. The van der Waals surface area contributed by atoms with E-state index in [2.05, 4.69) is 37.3 Å². The van der Waals surface area contributed by atoms with E-state index in [0.717, 1.165) is 35.4 Å². The maximum Gasteiger partial charge on any atom is 0.249 e. The van der Waals surface area contributed by atoms with E-state index in [1.807, 2.05) is 24.3 Å². The maximum atomic E-state index is 12.0. The van der Waals surface area contributed by atoms with Crippen molar-refractivity contribution in [1.29, 1.82) is 0 Å². The van der Waals surface area contributed by atoms with Gasteiger partial charge in [0.2, 0.25) is 5.91 Å². The Morgan fingerprint density at radius 1 is 1.30 bits per heavy atom. The molecule has 1 atom stereocenters. The monoisotopic (exact) mass is 407 g/mol. The first kappa shape index (κ1) is 20.5. The molecule has 0 aliphatic carbocycles. The normalized spacial score (nSPS) is 17.7. The number of benzene rings is 1. The number of carbonyl (C=O) groups is 1. The molecule has 1 aliphatic heterocycles. The molecule has 2 N–H and O–H groups in total. The minimum atomic E-state index is -0.449. The third-order valence-electron chi connectivity index (χ3n) is 5.83. The number of hydrogen-bond acceptors (Lipinski definition) is 5. The molecule has 1 amide bonds. The van der Waals surface area contributed by atoms with Crippen LogP contribution in [0, 0.1) is 13.8 Å². The van der Waals surface area contributed by atoms with Crippen LogP contribution in [0.25, 0.3) is 10.9 Å². The second-order valence-electron chi connectivity index (χ2n) is 8.26. The predicted octanol–water partition coefficient (Wildman–Crippen LogP) is 3.30. The lowest BCUT2D eigenvalue weighted by Gasteiger charge is -2.33. The SMILES string of the molecule is Cc1nn(C(C)C)c(C)c1CN1CCOC(c2cc(C(N)=O)c3ccccc3n2)C1. The zero-order chi connectivity index (χ0) is 21.4. The van der Waals surface area contributed by atoms with Gasteiger partial charge in [0.15, 0.2) is 0 Å². The number of aryl methyl sites for hydroxylation is 1. The Balaban J connectivity index is 1.60. The molecule has 3 heterocycles. The number of nitrogens with two attached hydrogens (primary N) is 1. The van der Waals surface area contributed by atoms with Gasteiger partial charge in [-0.3, -0.25) is 14.4 Å². The standard InChI is InChI=1S/C23H29N5O2/c1-14(2)28-16(4)19(15(3)26-28)12-27-9-10-30-22(13-27)21-11-18(23(24)29)17-7-5-6-8-20(17)25-21/h5-8,11,14,22H,9-10,12-13H2,1-4H3,(H2,24,29). The lowest BCUT2D eigenvalue weighted by molar-refractivity contribution is -0.0349. The van der Waals surface area contributed by atoms with Crippen LogP contribution in [0.5, 0.6) is 0 Å². The molecular weight excluding hydrogens is 378 g/mol. The number of primary amides is 1. The van der Waals surface area contributed by atoms with E-state index < -0.39 is 5.91 Å². The van der Waals surface area contributed by atoms with Crippen LogP contribution < -0.4 is 5.73 Å². The Bertz CT molecular complexity index is 1090. The average molecular weight is 408 g/mol. The molecule has 3 aromatic rings. The van der Waals surface area contributed by atoms with Crippen molar-refractivity contribution in [3.63, 3.8) is 0 Å². The largest absolute Gasteiger partial charge is 0.369 e. The summed E-state index contributed by atoms with van der Waals surface area (Å²) >= 11 is 0. The number of hydrogen-bond donors (Lipinski definition) is 1. The van der Waals surface area contributed by atoms with Crippen molar-refractivity contribution >= 4 is 16.8 Å². The molecule has 2 aromatic heterocycles. The fraction of sp³-hybridized carbons (Fsp3) is 0.435. The third kappa shape index (κ3) is 3.82. The Labute approximate surface area is 176 Å². The highest BCUT2D eigenvalue weighted by atomic mass is 16.5. The van der Waals surface area contributed by atoms with Crippen molar-refractivity contribution < 1.29 is 9.53 Å². The van der Waals surface area contributed by atoms with Crippen LogP contribution in [-0.2, 0) is 11.3 Å². The summed E-state index contributed by atoms with van der Waals surface area (Å²) in [6.45, 7) is 11.5. The van der Waals surface area contributed by atoms with Crippen molar-refractivity contribution in [3.05, 3.63) is 58.5 Å². The molecule has 30 heavy (non-hydrogen) atoms. The molecular formula is C23H29N5O2. The second kappa shape index (κ2) is 8.16. The minimum Gasteiger partial charge on any atom is -0.369 e. The molecule has 1 fully saturated rings. The zero-order valence-corrected chi connectivity index (χ0v) is 18.1. The molecule has 1 saturated heterocycles. The third-order valence-corrected chi connectivity index (χ3v) is 5.83. The van der Waals surface area contributed by atoms with Crippen LogP contribution in [-0.4, -0.2) is 45.3 Å². The van der Waals surface area contributed by atoms with Gasteiger partial charge in [0.25, 0.3) is 0 Å². The first-order valence-electron chi connectivity index (χ1n) is 10.4. The summed E-state index contributed by atoms with van der Waals surface area (Å²) in [4.78, 5) is 19.2. The van der Waals surface area contributed by atoms with E-state index >= 15 is 0 Å². The Morgan fingerprint density at radius 2 is 2.07 bits per heavy atom. The van der Waals surface area contributed by atoms with Gasteiger partial charge in [-0.15, -0.1) is 0 Å². The number of fused-ring (bicyclic) bond motifs is 1. The van der Waals surface area contributed by atoms with Crippen LogP contribution in [0.15, 0.2) is 30.3 Å². The first-order valence-corrected chi connectivity index (χ1v) is 10.4. The number of morpholine rings is 1. The molecule has 0 bridgehead atoms. The van der Waals surface area contributed by atoms with Crippen LogP contribution >= 0.6 is 0 Å². The van der Waals surface area contributed by atoms with Crippen molar-refractivity contribution in [2.24, 2.45) is 5.73 Å². The number of aromatic nitrogens is 3. The topological polar surface area (TPSA) is 86.3 Å². The van der Waals surface area contributed by atoms with E-state index in [0.29, 0.717) is 24.8 Å². The van der Waals surface area contributed by atoms with Gasteiger partial charge in [0, 0.05) is 42.3 Å². The van der Waals surface area contributed by atoms with Gasteiger partial charge >= 0.3 is 0 Å². The summed E-state index contributed by atoms with van der Waals surface area (Å²) in [5, 5.41) is 5.48. The summed E-state index contributed by atoms with van der Waals surface area (Å²) in [5.41, 5.74) is 11.2. The van der Waals surface area contributed by atoms with Gasteiger partial charge in [0.05, 0.1) is 29.1 Å². The van der Waals surface area contributed by atoms with Crippen LogP contribution in [0.3, 0.4) is 0 Å². The van der Waals surface area contributed by atoms with E-state index in [4.69, 9.17) is 20.6 Å². The van der Waals surface area contributed by atoms with Gasteiger partial charge in [0.1, 0.15) is 6.10 Å². The molecule has 0 spiro atoms. The molecule has 7 heteroatoms. The number of amides is 1. The zero-order valence-electron chi connectivity index (χ0n) is 18.1. The molecule has 1 aliphatic rings. The number of rotatable bonds is 5. The summed E-state index contributed by atoms with van der Waals surface area (Å²) < 4.78 is 8.13. The average Bonchev–Trinajstić information content (AvgIpc) is 3.01. The van der Waals surface area contributed by atoms with Gasteiger partial charge in [-0.1, -0.05) is 18.2 Å². The Kier molecular flexibility index (Phi) is 5.58. The van der Waals surface area contributed by atoms with Crippen molar-refractivity contribution in [1.82, 2.24) is 19.7 Å². The lowest BCUT2D eigenvalue weighted by atomic mass is 10.0. The summed E-state index contributed by atoms with van der Waals surface area (Å²) in [6.07, 6.45) is -0.206. The fourth-order valence-electron chi connectivity index (χ4n) is 4.24. The van der Waals surface area contributed by atoms with E-state index in [-0.39, 0.29) is 6.10 Å². The van der Waals surface area contributed by atoms with Gasteiger partial charge < -0.3 is 10.5 Å². The lowest BCUT2D eigenvalue weighted by Crippen LogP contribution is -2.38. The molecule has 4 rings (SSSR count). The van der Waals surface area contributed by atoms with Crippen molar-refractivity contribution in [3.8, 4) is 0 Å². The summed E-state index contributed by atoms with van der Waals surface area (Å²) in [7, 11) is 0. The van der Waals surface area contributed by atoms with E-state index in [1.165, 1.54) is 11.3 Å². The highest BCUT2D eigenvalue weighted by Crippen LogP contribution is 2.27. The smallest absolute Gasteiger partial charge is 0.249 e. The molecule has 1 unspecified atom stereocenters.